The van der Waals surface area contributed by atoms with Crippen molar-refractivity contribution in [3.8, 4) is 6.07 Å². The largest absolute Gasteiger partial charge is 0.373 e. The number of aliphatic hydroxyl groups excluding tert-OH is 1. The average molecular weight is 224 g/mol. The Balaban J connectivity index is 3.01. The summed E-state index contributed by atoms with van der Waals surface area (Å²) in [6, 6.07) is 3.46. The summed E-state index contributed by atoms with van der Waals surface area (Å²) in [6.07, 6.45) is -2.33. The van der Waals surface area contributed by atoms with Gasteiger partial charge >= 0.3 is 5.92 Å². The van der Waals surface area contributed by atoms with E-state index in [1.54, 1.807) is 0 Å². The minimum absolute atomic E-state index is 0.194. The summed E-state index contributed by atoms with van der Waals surface area (Å²) in [4.78, 5) is -0.411. The topological polar surface area (TPSA) is 44.0 Å². The Hall–Kier alpha value is -0.700. The van der Waals surface area contributed by atoms with Crippen molar-refractivity contribution in [1.29, 1.82) is 5.26 Å². The van der Waals surface area contributed by atoms with Crippen LogP contribution in [0, 0.1) is 11.3 Å². The van der Waals surface area contributed by atoms with Crippen LogP contribution in [-0.2, 0) is 5.92 Å². The molecule has 1 aromatic rings. The second-order valence-electron chi connectivity index (χ2n) is 2.26. The van der Waals surface area contributed by atoms with E-state index in [0.717, 1.165) is 12.1 Å². The smallest absolute Gasteiger partial charge is 0.320 e. The first-order valence-electron chi connectivity index (χ1n) is 3.20. The lowest BCUT2D eigenvalue weighted by Gasteiger charge is -2.14. The average Bonchev–Trinajstić information content (AvgIpc) is 2.50. The van der Waals surface area contributed by atoms with Gasteiger partial charge in [-0.3, -0.25) is 0 Å². The number of alkyl halides is 2. The van der Waals surface area contributed by atoms with E-state index in [1.165, 1.54) is 6.07 Å². The van der Waals surface area contributed by atoms with Crippen molar-refractivity contribution in [2.24, 2.45) is 0 Å². The number of aliphatic hydroxyl groups is 1. The summed E-state index contributed by atoms with van der Waals surface area (Å²) in [5.41, 5.74) is 0. The molecule has 0 saturated carbocycles. The Kier molecular flexibility index (Phi) is 2.86. The van der Waals surface area contributed by atoms with Crippen molar-refractivity contribution in [2.45, 2.75) is 12.0 Å². The van der Waals surface area contributed by atoms with Gasteiger partial charge in [0.1, 0.15) is 6.07 Å². The van der Waals surface area contributed by atoms with Crippen molar-refractivity contribution in [2.75, 3.05) is 0 Å². The van der Waals surface area contributed by atoms with E-state index in [1.807, 2.05) is 0 Å². The zero-order valence-corrected chi connectivity index (χ0v) is 7.74. The SMILES string of the molecule is N#CC(O)C(F)(F)c1ccc(Cl)s1. The van der Waals surface area contributed by atoms with E-state index in [2.05, 4.69) is 0 Å². The minimum atomic E-state index is -3.55. The minimum Gasteiger partial charge on any atom is -0.373 e. The van der Waals surface area contributed by atoms with E-state index >= 15 is 0 Å². The molecule has 1 N–H and O–H groups in total. The Labute approximate surface area is 82.0 Å². The molecular weight excluding hydrogens is 220 g/mol. The number of nitriles is 1. The molecule has 0 amide bonds. The molecule has 1 heterocycles. The van der Waals surface area contributed by atoms with Gasteiger partial charge in [0.15, 0.2) is 0 Å². The molecule has 0 radical (unpaired) electrons. The van der Waals surface area contributed by atoms with Gasteiger partial charge in [0, 0.05) is 0 Å². The predicted octanol–water partition coefficient (Wildman–Crippen LogP) is 2.38. The molecule has 13 heavy (non-hydrogen) atoms. The standard InChI is InChI=1S/C7H4ClF2NOS/c8-6-2-1-5(13-6)7(9,10)4(12)3-11/h1-2,4,12H. The number of hydrogen-bond acceptors (Lipinski definition) is 3. The molecule has 2 nitrogen and oxygen atoms in total. The van der Waals surface area contributed by atoms with Gasteiger partial charge < -0.3 is 5.11 Å². The van der Waals surface area contributed by atoms with Crippen molar-refractivity contribution < 1.29 is 13.9 Å². The summed E-state index contributed by atoms with van der Waals surface area (Å²) in [5, 5.41) is 16.8. The van der Waals surface area contributed by atoms with Gasteiger partial charge in [0.2, 0.25) is 6.10 Å². The highest BCUT2D eigenvalue weighted by Gasteiger charge is 2.42. The Morgan fingerprint density at radius 1 is 1.62 bits per heavy atom. The lowest BCUT2D eigenvalue weighted by Crippen LogP contribution is -2.28. The molecule has 0 aromatic carbocycles. The van der Waals surface area contributed by atoms with E-state index in [9.17, 15) is 8.78 Å². The second kappa shape index (κ2) is 3.58. The second-order valence-corrected chi connectivity index (χ2v) is 3.97. The van der Waals surface area contributed by atoms with E-state index in [0.29, 0.717) is 11.3 Å². The number of hydrogen-bond donors (Lipinski definition) is 1. The van der Waals surface area contributed by atoms with E-state index < -0.39 is 16.9 Å². The maximum absolute atomic E-state index is 13.0. The van der Waals surface area contributed by atoms with Crippen LogP contribution in [0.2, 0.25) is 4.34 Å². The molecule has 0 bridgehead atoms. The molecule has 0 aliphatic rings. The summed E-state index contributed by atoms with van der Waals surface area (Å²) in [7, 11) is 0. The summed E-state index contributed by atoms with van der Waals surface area (Å²) < 4.78 is 26.3. The van der Waals surface area contributed by atoms with Gasteiger partial charge in [-0.1, -0.05) is 11.6 Å². The summed E-state index contributed by atoms with van der Waals surface area (Å²) >= 11 is 6.08. The Bertz CT molecular complexity index is 347. The molecule has 1 rings (SSSR count). The summed E-state index contributed by atoms with van der Waals surface area (Å²) in [6.45, 7) is 0. The van der Waals surface area contributed by atoms with Crippen molar-refractivity contribution >= 4 is 22.9 Å². The molecular formula is C7H4ClF2NOS. The number of nitrogens with zero attached hydrogens (tertiary/aromatic N) is 1. The van der Waals surface area contributed by atoms with Crippen LogP contribution in [0.25, 0.3) is 0 Å². The maximum Gasteiger partial charge on any atom is 0.320 e. The highest BCUT2D eigenvalue weighted by atomic mass is 35.5. The van der Waals surface area contributed by atoms with Gasteiger partial charge in [-0.05, 0) is 12.1 Å². The molecule has 0 aliphatic heterocycles. The fraction of sp³-hybridized carbons (Fsp3) is 0.286. The van der Waals surface area contributed by atoms with Crippen LogP contribution in [0.3, 0.4) is 0 Å². The zero-order valence-electron chi connectivity index (χ0n) is 6.17. The maximum atomic E-state index is 13.0. The third-order valence-corrected chi connectivity index (χ3v) is 2.68. The van der Waals surface area contributed by atoms with Gasteiger partial charge in [-0.15, -0.1) is 11.3 Å². The highest BCUT2D eigenvalue weighted by Crippen LogP contribution is 2.37. The van der Waals surface area contributed by atoms with Crippen LogP contribution >= 0.6 is 22.9 Å². The van der Waals surface area contributed by atoms with Crippen LogP contribution < -0.4 is 0 Å². The fourth-order valence-corrected chi connectivity index (χ4v) is 1.75. The number of halogens is 3. The van der Waals surface area contributed by atoms with Crippen LogP contribution in [-0.4, -0.2) is 11.2 Å². The first-order chi connectivity index (χ1) is 5.98. The lowest BCUT2D eigenvalue weighted by atomic mass is 10.2. The van der Waals surface area contributed by atoms with Gasteiger partial charge in [-0.25, -0.2) is 0 Å². The van der Waals surface area contributed by atoms with Crippen molar-refractivity contribution in [1.82, 2.24) is 0 Å². The Morgan fingerprint density at radius 3 is 2.62 bits per heavy atom. The van der Waals surface area contributed by atoms with Crippen molar-refractivity contribution in [3.63, 3.8) is 0 Å². The Morgan fingerprint density at radius 2 is 2.23 bits per heavy atom. The van der Waals surface area contributed by atoms with Crippen LogP contribution in [0.5, 0.6) is 0 Å². The van der Waals surface area contributed by atoms with Gasteiger partial charge in [-0.2, -0.15) is 14.0 Å². The van der Waals surface area contributed by atoms with Crippen LogP contribution in [0.1, 0.15) is 4.88 Å². The molecule has 0 spiro atoms. The first-order valence-corrected chi connectivity index (χ1v) is 4.39. The third-order valence-electron chi connectivity index (χ3n) is 1.37. The molecule has 0 saturated heterocycles. The summed E-state index contributed by atoms with van der Waals surface area (Å²) in [5.74, 6) is -3.55. The quantitative estimate of drug-likeness (QED) is 0.783. The monoisotopic (exact) mass is 223 g/mol. The lowest BCUT2D eigenvalue weighted by molar-refractivity contribution is -0.0863. The molecule has 1 unspecified atom stereocenters. The molecule has 0 fully saturated rings. The molecule has 1 aromatic heterocycles. The molecule has 6 heteroatoms. The fourth-order valence-electron chi connectivity index (χ4n) is 0.709. The van der Waals surface area contributed by atoms with Crippen LogP contribution in [0.15, 0.2) is 12.1 Å². The van der Waals surface area contributed by atoms with E-state index in [4.69, 9.17) is 22.0 Å². The van der Waals surface area contributed by atoms with Crippen molar-refractivity contribution in [3.05, 3.63) is 21.3 Å². The van der Waals surface area contributed by atoms with Gasteiger partial charge in [0.25, 0.3) is 0 Å². The zero-order chi connectivity index (χ0) is 10.1. The molecule has 0 aliphatic carbocycles. The third kappa shape index (κ3) is 1.97. The van der Waals surface area contributed by atoms with E-state index in [-0.39, 0.29) is 4.34 Å². The number of rotatable bonds is 2. The first kappa shape index (κ1) is 10.4. The molecule has 1 atom stereocenters. The number of thiophene rings is 1. The normalized spacial score (nSPS) is 13.8. The highest BCUT2D eigenvalue weighted by molar-refractivity contribution is 7.16. The van der Waals surface area contributed by atoms with Crippen LogP contribution in [0.4, 0.5) is 8.78 Å². The predicted molar refractivity (Wildman–Crippen MR) is 44.8 cm³/mol. The van der Waals surface area contributed by atoms with Gasteiger partial charge in [0.05, 0.1) is 9.21 Å². The molecule has 70 valence electrons.